The summed E-state index contributed by atoms with van der Waals surface area (Å²) in [6, 6.07) is 0. The fraction of sp³-hybridized carbons (Fsp3) is 0.750. The van der Waals surface area contributed by atoms with E-state index in [1.165, 1.54) is 0 Å². The van der Waals surface area contributed by atoms with Crippen molar-refractivity contribution in [2.75, 3.05) is 19.8 Å². The summed E-state index contributed by atoms with van der Waals surface area (Å²) in [5.41, 5.74) is 0. The van der Waals surface area contributed by atoms with Crippen molar-refractivity contribution in [2.45, 2.75) is 31.9 Å². The molecule has 1 heterocycles. The van der Waals surface area contributed by atoms with Crippen LogP contribution in [0.3, 0.4) is 0 Å². The zero-order valence-electron chi connectivity index (χ0n) is 12.0. The van der Waals surface area contributed by atoms with Gasteiger partial charge < -0.3 is 0 Å². The Bertz CT molecular complexity index is 326. The van der Waals surface area contributed by atoms with Gasteiger partial charge in [0.1, 0.15) is 0 Å². The second-order valence-corrected chi connectivity index (χ2v) is 15.8. The molecule has 0 amide bonds. The number of hydrogen-bond acceptors (Lipinski definition) is 6. The predicted octanol–water partition coefficient (Wildman–Crippen LogP) is 0.0399. The minimum atomic E-state index is -0.315. The maximum absolute atomic E-state index is 12.0. The van der Waals surface area contributed by atoms with Crippen LogP contribution in [0, 0.1) is 0 Å². The van der Waals surface area contributed by atoms with Crippen LogP contribution in [0.4, 0.5) is 0 Å². The molecule has 0 bridgehead atoms. The molecule has 0 aliphatic carbocycles. The molecule has 0 spiro atoms. The standard InChI is InChI=1S/C12H18O6Se3/c1-4-16-7(13)10-19-11(8(14)17-5-2)21-12(20-10)9(15)18-6-3/h10-12H,4-6H2,1-3H3. The fourth-order valence-corrected chi connectivity index (χ4v) is 20.4. The van der Waals surface area contributed by atoms with Gasteiger partial charge in [-0.1, -0.05) is 0 Å². The topological polar surface area (TPSA) is 78.9 Å². The molecule has 0 radical (unpaired) electrons. The molecule has 120 valence electrons. The number of hydrogen-bond donors (Lipinski definition) is 0. The van der Waals surface area contributed by atoms with Gasteiger partial charge in [0.15, 0.2) is 0 Å². The molecule has 0 saturated carbocycles. The van der Waals surface area contributed by atoms with E-state index in [1.807, 2.05) is 0 Å². The summed E-state index contributed by atoms with van der Waals surface area (Å²) in [5, 5.41) is 0. The Labute approximate surface area is 142 Å². The Morgan fingerprint density at radius 2 is 0.905 bits per heavy atom. The zero-order valence-corrected chi connectivity index (χ0v) is 17.2. The SMILES string of the molecule is CCOC(=O)C1[Se]C(C(=O)OCC)[Se]C(C(=O)OCC)[Se]1. The number of rotatable bonds is 6. The molecule has 1 saturated heterocycles. The van der Waals surface area contributed by atoms with Gasteiger partial charge in [-0.15, -0.1) is 0 Å². The first-order valence-electron chi connectivity index (χ1n) is 6.49. The van der Waals surface area contributed by atoms with Gasteiger partial charge in [0.25, 0.3) is 0 Å². The van der Waals surface area contributed by atoms with Crippen molar-refractivity contribution in [3.63, 3.8) is 0 Å². The number of ether oxygens (including phenoxy) is 3. The Hall–Kier alpha value is -0.0316. The third kappa shape index (κ3) is 5.93. The Morgan fingerprint density at radius 1 is 0.667 bits per heavy atom. The quantitative estimate of drug-likeness (QED) is 0.295. The first kappa shape index (κ1) is 19.0. The Morgan fingerprint density at radius 3 is 1.10 bits per heavy atom. The van der Waals surface area contributed by atoms with Gasteiger partial charge in [-0.05, 0) is 0 Å². The van der Waals surface area contributed by atoms with E-state index in [0.29, 0.717) is 19.8 Å². The van der Waals surface area contributed by atoms with E-state index in [1.54, 1.807) is 20.8 Å². The third-order valence-electron chi connectivity index (χ3n) is 2.18. The molecule has 0 aromatic heterocycles. The van der Waals surface area contributed by atoms with Gasteiger partial charge in [-0.3, -0.25) is 0 Å². The average molecular weight is 495 g/mol. The molecule has 0 unspecified atom stereocenters. The third-order valence-corrected chi connectivity index (χ3v) is 15.0. The van der Waals surface area contributed by atoms with Crippen LogP contribution in [0.25, 0.3) is 0 Å². The maximum atomic E-state index is 12.0. The molecule has 1 fully saturated rings. The van der Waals surface area contributed by atoms with Crippen LogP contribution in [-0.4, -0.2) is 82.6 Å². The molecule has 0 aromatic rings. The molecule has 0 atom stereocenters. The van der Waals surface area contributed by atoms with E-state index in [4.69, 9.17) is 14.2 Å². The van der Waals surface area contributed by atoms with Crippen LogP contribution in [0.1, 0.15) is 20.8 Å². The minimum absolute atomic E-state index is 0.207. The molecule has 1 rings (SSSR count). The van der Waals surface area contributed by atoms with Crippen LogP contribution < -0.4 is 0 Å². The van der Waals surface area contributed by atoms with Crippen molar-refractivity contribution in [1.82, 2.24) is 0 Å². The molecule has 1 aliphatic rings. The molecular formula is C12H18O6Se3. The first-order valence-corrected chi connectivity index (χ1v) is 12.4. The van der Waals surface area contributed by atoms with Crippen LogP contribution in [0.2, 0.25) is 11.1 Å². The monoisotopic (exact) mass is 498 g/mol. The second-order valence-electron chi connectivity index (χ2n) is 3.66. The second kappa shape index (κ2) is 9.88. The van der Waals surface area contributed by atoms with Crippen molar-refractivity contribution >= 4 is 62.8 Å². The van der Waals surface area contributed by atoms with E-state index in [-0.39, 0.29) is 73.9 Å². The van der Waals surface area contributed by atoms with E-state index in [2.05, 4.69) is 0 Å². The average Bonchev–Trinajstić information content (AvgIpc) is 2.47. The van der Waals surface area contributed by atoms with Gasteiger partial charge in [0.05, 0.1) is 0 Å². The van der Waals surface area contributed by atoms with Crippen molar-refractivity contribution in [3.05, 3.63) is 0 Å². The summed E-state index contributed by atoms with van der Waals surface area (Å²) < 4.78 is 14.2. The van der Waals surface area contributed by atoms with Crippen molar-refractivity contribution in [1.29, 1.82) is 0 Å². The summed E-state index contributed by atoms with van der Waals surface area (Å²) in [6.45, 7) is 6.16. The van der Waals surface area contributed by atoms with Gasteiger partial charge in [0, 0.05) is 0 Å². The van der Waals surface area contributed by atoms with Gasteiger partial charge in [0.2, 0.25) is 0 Å². The summed E-state index contributed by atoms with van der Waals surface area (Å²) in [4.78, 5) is 35.9. The summed E-state index contributed by atoms with van der Waals surface area (Å²) in [7, 11) is 0. The van der Waals surface area contributed by atoms with Crippen molar-refractivity contribution < 1.29 is 28.6 Å². The van der Waals surface area contributed by atoms with Crippen molar-refractivity contribution in [3.8, 4) is 0 Å². The van der Waals surface area contributed by atoms with E-state index in [9.17, 15) is 14.4 Å². The van der Waals surface area contributed by atoms with E-state index < -0.39 is 0 Å². The van der Waals surface area contributed by atoms with E-state index >= 15 is 0 Å². The Kier molecular flexibility index (Phi) is 8.95. The van der Waals surface area contributed by atoms with Gasteiger partial charge in [-0.25, -0.2) is 0 Å². The Balaban J connectivity index is 2.79. The molecule has 0 aromatic carbocycles. The summed E-state index contributed by atoms with van der Waals surface area (Å²) in [6.07, 6.45) is 0. The molecular weight excluding hydrogens is 477 g/mol. The summed E-state index contributed by atoms with van der Waals surface area (Å²) in [5.74, 6) is -0.884. The van der Waals surface area contributed by atoms with Crippen LogP contribution in [0.15, 0.2) is 0 Å². The van der Waals surface area contributed by atoms with Crippen LogP contribution in [-0.2, 0) is 28.6 Å². The van der Waals surface area contributed by atoms with E-state index in [0.717, 1.165) is 0 Å². The zero-order chi connectivity index (χ0) is 15.8. The first-order chi connectivity index (χ1) is 10.0. The molecule has 1 aliphatic heterocycles. The molecule has 9 heteroatoms. The van der Waals surface area contributed by atoms with Crippen molar-refractivity contribution in [2.24, 2.45) is 0 Å². The number of carbonyl (C=O) groups is 3. The van der Waals surface area contributed by atoms with Crippen LogP contribution in [0.5, 0.6) is 0 Å². The molecule has 6 nitrogen and oxygen atoms in total. The van der Waals surface area contributed by atoms with Crippen LogP contribution >= 0.6 is 0 Å². The normalized spacial score (nSPS) is 25.0. The number of carbonyl (C=O) groups excluding carboxylic acids is 3. The molecule has 0 N–H and O–H groups in total. The fourth-order valence-electron chi connectivity index (χ4n) is 1.40. The number of esters is 3. The van der Waals surface area contributed by atoms with Gasteiger partial charge in [-0.2, -0.15) is 0 Å². The summed E-state index contributed by atoms with van der Waals surface area (Å²) >= 11 is -0.621. The van der Waals surface area contributed by atoms with Gasteiger partial charge >= 0.3 is 143 Å². The molecule has 21 heavy (non-hydrogen) atoms. The predicted molar refractivity (Wildman–Crippen MR) is 78.4 cm³/mol.